The van der Waals surface area contributed by atoms with Gasteiger partial charge in [-0.15, -0.1) is 0 Å². The lowest BCUT2D eigenvalue weighted by atomic mass is 9.72. The largest absolute Gasteiger partial charge is 0.339 e. The summed E-state index contributed by atoms with van der Waals surface area (Å²) in [4.78, 5) is 4.47. The Bertz CT molecular complexity index is 355. The third-order valence-electron chi connectivity index (χ3n) is 3.51. The van der Waals surface area contributed by atoms with Crippen molar-refractivity contribution in [3.63, 3.8) is 0 Å². The van der Waals surface area contributed by atoms with E-state index in [2.05, 4.69) is 17.1 Å². The van der Waals surface area contributed by atoms with Crippen LogP contribution in [0.4, 0.5) is 0 Å². The normalized spacial score (nSPS) is 30.6. The van der Waals surface area contributed by atoms with Crippen molar-refractivity contribution in [3.05, 3.63) is 11.7 Å². The minimum absolute atomic E-state index is 0.123. The molecule has 1 aliphatic rings. The minimum Gasteiger partial charge on any atom is -0.339 e. The van der Waals surface area contributed by atoms with Crippen LogP contribution >= 0.6 is 11.8 Å². The number of rotatable bonds is 3. The summed E-state index contributed by atoms with van der Waals surface area (Å²) in [5.41, 5.74) is 6.07. The van der Waals surface area contributed by atoms with Crippen molar-refractivity contribution in [1.29, 1.82) is 0 Å². The predicted octanol–water partition coefficient (Wildman–Crippen LogP) is 2.09. The van der Waals surface area contributed by atoms with Crippen LogP contribution in [0.15, 0.2) is 4.52 Å². The summed E-state index contributed by atoms with van der Waals surface area (Å²) in [6, 6.07) is 0.142. The van der Waals surface area contributed by atoms with Gasteiger partial charge in [0, 0.05) is 6.04 Å². The molecule has 0 aliphatic heterocycles. The molecule has 1 heterocycles. The first-order valence-electron chi connectivity index (χ1n) is 5.74. The Morgan fingerprint density at radius 1 is 1.56 bits per heavy atom. The van der Waals surface area contributed by atoms with Gasteiger partial charge in [0.05, 0.1) is 11.2 Å². The monoisotopic (exact) mass is 241 g/mol. The van der Waals surface area contributed by atoms with Crippen LogP contribution in [0.1, 0.15) is 44.3 Å². The number of hydrogen-bond donors (Lipinski definition) is 1. The Kier molecular flexibility index (Phi) is 3.54. The molecule has 2 unspecified atom stereocenters. The molecule has 4 nitrogen and oxygen atoms in total. The number of hydrogen-bond acceptors (Lipinski definition) is 5. The number of nitrogens with two attached hydrogens (primary N) is 1. The third kappa shape index (κ3) is 2.11. The Morgan fingerprint density at radius 3 is 3.06 bits per heavy atom. The molecule has 0 spiro atoms. The zero-order chi connectivity index (χ0) is 11.6. The van der Waals surface area contributed by atoms with Crippen LogP contribution in [0.25, 0.3) is 0 Å². The van der Waals surface area contributed by atoms with Gasteiger partial charge in [0.1, 0.15) is 0 Å². The van der Waals surface area contributed by atoms with Crippen molar-refractivity contribution >= 4 is 11.8 Å². The summed E-state index contributed by atoms with van der Waals surface area (Å²) in [7, 11) is 0. The Balaban J connectivity index is 2.20. The van der Waals surface area contributed by atoms with Gasteiger partial charge in [0.2, 0.25) is 5.89 Å². The second-order valence-corrected chi connectivity index (χ2v) is 5.58. The standard InChI is InChI=1S/C11H19N3OS/c1-11(6-4-3-5-8(11)12)10-13-9(7-16-2)14-15-10/h8H,3-7,12H2,1-2H3. The molecule has 0 saturated heterocycles. The molecule has 5 heteroatoms. The van der Waals surface area contributed by atoms with Crippen LogP contribution in [-0.2, 0) is 11.2 Å². The van der Waals surface area contributed by atoms with Gasteiger partial charge < -0.3 is 10.3 Å². The fourth-order valence-corrected chi connectivity index (χ4v) is 2.68. The summed E-state index contributed by atoms with van der Waals surface area (Å²) < 4.78 is 5.38. The first-order valence-corrected chi connectivity index (χ1v) is 7.14. The van der Waals surface area contributed by atoms with Gasteiger partial charge in [-0.05, 0) is 26.0 Å². The summed E-state index contributed by atoms with van der Waals surface area (Å²) in [5, 5.41) is 4.00. The highest BCUT2D eigenvalue weighted by Gasteiger charge is 2.40. The smallest absolute Gasteiger partial charge is 0.234 e. The first kappa shape index (κ1) is 11.9. The molecule has 1 aromatic heterocycles. The average molecular weight is 241 g/mol. The third-order valence-corrected chi connectivity index (χ3v) is 4.06. The van der Waals surface area contributed by atoms with E-state index in [1.807, 2.05) is 6.26 Å². The molecule has 0 bridgehead atoms. The highest BCUT2D eigenvalue weighted by molar-refractivity contribution is 7.97. The van der Waals surface area contributed by atoms with Crippen LogP contribution in [-0.4, -0.2) is 22.4 Å². The molecule has 0 amide bonds. The number of thioether (sulfide) groups is 1. The average Bonchev–Trinajstić information content (AvgIpc) is 2.72. The van der Waals surface area contributed by atoms with Crippen molar-refractivity contribution in [2.45, 2.75) is 49.8 Å². The second kappa shape index (κ2) is 4.75. The summed E-state index contributed by atoms with van der Waals surface area (Å²) in [5.74, 6) is 2.31. The van der Waals surface area contributed by atoms with E-state index in [4.69, 9.17) is 10.3 Å². The van der Waals surface area contributed by atoms with Gasteiger partial charge in [0.15, 0.2) is 5.82 Å². The summed E-state index contributed by atoms with van der Waals surface area (Å²) in [6.07, 6.45) is 6.54. The molecule has 0 radical (unpaired) electrons. The van der Waals surface area contributed by atoms with Crippen molar-refractivity contribution in [2.24, 2.45) is 5.73 Å². The zero-order valence-electron chi connectivity index (χ0n) is 9.90. The van der Waals surface area contributed by atoms with Gasteiger partial charge in [0.25, 0.3) is 0 Å². The van der Waals surface area contributed by atoms with Gasteiger partial charge in [-0.2, -0.15) is 16.7 Å². The fraction of sp³-hybridized carbons (Fsp3) is 0.818. The molecular weight excluding hydrogens is 222 g/mol. The van der Waals surface area contributed by atoms with Gasteiger partial charge >= 0.3 is 0 Å². The lowest BCUT2D eigenvalue weighted by Crippen LogP contribution is -2.45. The number of aromatic nitrogens is 2. The van der Waals surface area contributed by atoms with Crippen LogP contribution in [0.5, 0.6) is 0 Å². The van der Waals surface area contributed by atoms with Crippen LogP contribution in [0.3, 0.4) is 0 Å². The van der Waals surface area contributed by atoms with E-state index in [1.165, 1.54) is 12.8 Å². The first-order chi connectivity index (χ1) is 7.66. The van der Waals surface area contributed by atoms with Crippen LogP contribution in [0.2, 0.25) is 0 Å². The molecule has 16 heavy (non-hydrogen) atoms. The summed E-state index contributed by atoms with van der Waals surface area (Å²) in [6.45, 7) is 2.15. The fourth-order valence-electron chi connectivity index (χ4n) is 2.30. The molecule has 2 N–H and O–H groups in total. The second-order valence-electron chi connectivity index (χ2n) is 4.72. The predicted molar refractivity (Wildman–Crippen MR) is 65.3 cm³/mol. The van der Waals surface area contributed by atoms with E-state index < -0.39 is 0 Å². The van der Waals surface area contributed by atoms with E-state index in [-0.39, 0.29) is 11.5 Å². The van der Waals surface area contributed by atoms with Gasteiger partial charge in [-0.3, -0.25) is 0 Å². The van der Waals surface area contributed by atoms with Crippen molar-refractivity contribution in [1.82, 2.24) is 10.1 Å². The Labute approximate surface area is 100 Å². The molecule has 0 aromatic carbocycles. The highest BCUT2D eigenvalue weighted by Crippen LogP contribution is 2.37. The molecule has 2 rings (SSSR count). The quantitative estimate of drug-likeness (QED) is 0.877. The highest BCUT2D eigenvalue weighted by atomic mass is 32.2. The molecule has 1 saturated carbocycles. The molecule has 1 aromatic rings. The van der Waals surface area contributed by atoms with E-state index in [9.17, 15) is 0 Å². The van der Waals surface area contributed by atoms with E-state index in [0.717, 1.165) is 30.3 Å². The molecular formula is C11H19N3OS. The van der Waals surface area contributed by atoms with E-state index in [1.54, 1.807) is 11.8 Å². The van der Waals surface area contributed by atoms with Gasteiger partial charge in [-0.25, -0.2) is 0 Å². The molecule has 1 aliphatic carbocycles. The Morgan fingerprint density at radius 2 is 2.38 bits per heavy atom. The molecule has 1 fully saturated rings. The number of nitrogens with zero attached hydrogens (tertiary/aromatic N) is 2. The lowest BCUT2D eigenvalue weighted by molar-refractivity contribution is 0.203. The minimum atomic E-state index is -0.123. The van der Waals surface area contributed by atoms with E-state index in [0.29, 0.717) is 0 Å². The van der Waals surface area contributed by atoms with Crippen molar-refractivity contribution in [3.8, 4) is 0 Å². The van der Waals surface area contributed by atoms with Crippen molar-refractivity contribution in [2.75, 3.05) is 6.26 Å². The molecule has 2 atom stereocenters. The SMILES string of the molecule is CSCc1noc(C2(C)CCCCC2N)n1. The topological polar surface area (TPSA) is 64.9 Å². The van der Waals surface area contributed by atoms with Crippen LogP contribution in [0, 0.1) is 0 Å². The van der Waals surface area contributed by atoms with Gasteiger partial charge in [-0.1, -0.05) is 18.0 Å². The molecule has 90 valence electrons. The lowest BCUT2D eigenvalue weighted by Gasteiger charge is -2.35. The summed E-state index contributed by atoms with van der Waals surface area (Å²) >= 11 is 1.70. The maximum Gasteiger partial charge on any atom is 0.234 e. The Hall–Kier alpha value is -0.550. The van der Waals surface area contributed by atoms with E-state index >= 15 is 0 Å². The maximum absolute atomic E-state index is 6.20. The maximum atomic E-state index is 6.20. The van der Waals surface area contributed by atoms with Crippen LogP contribution < -0.4 is 5.73 Å². The zero-order valence-corrected chi connectivity index (χ0v) is 10.7. The van der Waals surface area contributed by atoms with Crippen molar-refractivity contribution < 1.29 is 4.52 Å².